The highest BCUT2D eigenvalue weighted by molar-refractivity contribution is 5.95. The van der Waals surface area contributed by atoms with Crippen LogP contribution >= 0.6 is 0 Å². The van der Waals surface area contributed by atoms with Crippen molar-refractivity contribution in [3.8, 4) is 5.75 Å². The molecule has 0 aliphatic carbocycles. The Bertz CT molecular complexity index is 722. The van der Waals surface area contributed by atoms with Crippen molar-refractivity contribution in [2.45, 2.75) is 59.6 Å². The summed E-state index contributed by atoms with van der Waals surface area (Å²) in [4.78, 5) is 24.8. The van der Waals surface area contributed by atoms with E-state index < -0.39 is 52.3 Å². The summed E-state index contributed by atoms with van der Waals surface area (Å²) in [5.41, 5.74) is -3.56. The molecular formula is C18H24F3NO5. The van der Waals surface area contributed by atoms with Crippen molar-refractivity contribution in [1.29, 1.82) is 0 Å². The summed E-state index contributed by atoms with van der Waals surface area (Å²) in [6.45, 7) is 10.1. The molecule has 0 aromatic heterocycles. The van der Waals surface area contributed by atoms with E-state index >= 15 is 0 Å². The number of halogens is 3. The van der Waals surface area contributed by atoms with E-state index in [9.17, 15) is 22.8 Å². The third-order valence-corrected chi connectivity index (χ3v) is 3.32. The van der Waals surface area contributed by atoms with Gasteiger partial charge in [-0.2, -0.15) is 4.39 Å². The first-order valence-electron chi connectivity index (χ1n) is 8.07. The number of hydrogen-bond donors (Lipinski definition) is 0. The molecule has 1 aromatic carbocycles. The second-order valence-corrected chi connectivity index (χ2v) is 7.79. The summed E-state index contributed by atoms with van der Waals surface area (Å²) in [7, 11) is 1.06. The molecule has 1 rings (SSSR count). The van der Waals surface area contributed by atoms with Gasteiger partial charge in [-0.15, -0.1) is 0 Å². The normalized spacial score (nSPS) is 11.8. The molecule has 0 spiro atoms. The van der Waals surface area contributed by atoms with Crippen LogP contribution in [-0.2, 0) is 9.47 Å². The third-order valence-electron chi connectivity index (χ3n) is 3.32. The second-order valence-electron chi connectivity index (χ2n) is 7.79. The van der Waals surface area contributed by atoms with Gasteiger partial charge in [0.05, 0.1) is 7.11 Å². The lowest BCUT2D eigenvalue weighted by Crippen LogP contribution is -2.48. The van der Waals surface area contributed by atoms with Crippen LogP contribution in [0.5, 0.6) is 5.75 Å². The predicted molar refractivity (Wildman–Crippen MR) is 92.6 cm³/mol. The Balaban J connectivity index is 3.47. The van der Waals surface area contributed by atoms with Gasteiger partial charge in [0.15, 0.2) is 17.4 Å². The van der Waals surface area contributed by atoms with Crippen LogP contribution in [0.3, 0.4) is 0 Å². The fourth-order valence-corrected chi connectivity index (χ4v) is 2.27. The molecule has 0 atom stereocenters. The predicted octanol–water partition coefficient (Wildman–Crippen LogP) is 5.10. The van der Waals surface area contributed by atoms with Crippen LogP contribution in [0.4, 0.5) is 28.4 Å². The van der Waals surface area contributed by atoms with E-state index in [4.69, 9.17) is 4.74 Å². The molecule has 0 aliphatic heterocycles. The Kier molecular flexibility index (Phi) is 6.41. The van der Waals surface area contributed by atoms with Crippen molar-refractivity contribution in [1.82, 2.24) is 0 Å². The maximum atomic E-state index is 14.8. The Morgan fingerprint density at radius 1 is 0.926 bits per heavy atom. The number of hydrogen-bond acceptors (Lipinski definition) is 5. The van der Waals surface area contributed by atoms with Crippen LogP contribution in [0.15, 0.2) is 0 Å². The maximum Gasteiger partial charge on any atom is 0.517 e. The molecule has 152 valence electrons. The topological polar surface area (TPSA) is 65.1 Å². The fraction of sp³-hybridized carbons (Fsp3) is 0.556. The molecule has 6 nitrogen and oxygen atoms in total. The summed E-state index contributed by atoms with van der Waals surface area (Å²) in [5.74, 6) is -4.96. The number of anilines is 1. The standard InChI is InChI=1S/C18H24F3NO5/c1-9-10(19)13(11(20)12(21)14(9)25-8)22(17(2,3)4)15(23)26-16(24)27-18(5,6)7/h1-8H3. The number of benzene rings is 1. The van der Waals surface area contributed by atoms with E-state index in [1.807, 2.05) is 0 Å². The Hall–Kier alpha value is -2.45. The van der Waals surface area contributed by atoms with Crippen LogP contribution in [0.25, 0.3) is 0 Å². The van der Waals surface area contributed by atoms with Crippen LogP contribution in [0.2, 0.25) is 0 Å². The van der Waals surface area contributed by atoms with Crippen LogP contribution in [0, 0.1) is 24.4 Å². The van der Waals surface area contributed by atoms with Gasteiger partial charge in [-0.05, 0) is 48.5 Å². The van der Waals surface area contributed by atoms with Gasteiger partial charge < -0.3 is 14.2 Å². The number of carbonyl (C=O) groups is 2. The van der Waals surface area contributed by atoms with Gasteiger partial charge in [0.1, 0.15) is 11.3 Å². The lowest BCUT2D eigenvalue weighted by Gasteiger charge is -2.35. The van der Waals surface area contributed by atoms with Crippen molar-refractivity contribution >= 4 is 17.9 Å². The molecule has 0 saturated heterocycles. The van der Waals surface area contributed by atoms with E-state index in [-0.39, 0.29) is 5.56 Å². The number of methoxy groups -OCH3 is 1. The average Bonchev–Trinajstić information content (AvgIpc) is 2.46. The number of nitrogens with zero attached hydrogens (tertiary/aromatic N) is 1. The van der Waals surface area contributed by atoms with Crippen LogP contribution in [0.1, 0.15) is 47.1 Å². The average molecular weight is 391 g/mol. The summed E-state index contributed by atoms with van der Waals surface area (Å²) < 4.78 is 57.7. The molecule has 0 heterocycles. The van der Waals surface area contributed by atoms with E-state index in [0.29, 0.717) is 4.90 Å². The summed E-state index contributed by atoms with van der Waals surface area (Å²) in [6.07, 6.45) is -2.77. The molecular weight excluding hydrogens is 367 g/mol. The molecule has 1 amide bonds. The van der Waals surface area contributed by atoms with E-state index in [1.54, 1.807) is 20.8 Å². The van der Waals surface area contributed by atoms with E-state index in [1.165, 1.54) is 27.7 Å². The van der Waals surface area contributed by atoms with Gasteiger partial charge in [0, 0.05) is 11.1 Å². The third kappa shape index (κ3) is 5.05. The minimum absolute atomic E-state index is 0.342. The highest BCUT2D eigenvalue weighted by atomic mass is 19.2. The Labute approximate surface area is 156 Å². The molecule has 0 fully saturated rings. The molecule has 0 unspecified atom stereocenters. The van der Waals surface area contributed by atoms with Crippen molar-refractivity contribution in [2.75, 3.05) is 12.0 Å². The molecule has 0 radical (unpaired) electrons. The van der Waals surface area contributed by atoms with Crippen LogP contribution < -0.4 is 9.64 Å². The largest absolute Gasteiger partial charge is 0.517 e. The lowest BCUT2D eigenvalue weighted by molar-refractivity contribution is 0.00950. The molecule has 9 heteroatoms. The van der Waals surface area contributed by atoms with Gasteiger partial charge >= 0.3 is 12.2 Å². The number of ether oxygens (including phenoxy) is 3. The molecule has 0 N–H and O–H groups in total. The minimum Gasteiger partial charge on any atom is -0.493 e. The number of carbonyl (C=O) groups excluding carboxylic acids is 2. The highest BCUT2D eigenvalue weighted by Gasteiger charge is 2.38. The summed E-state index contributed by atoms with van der Waals surface area (Å²) in [5, 5.41) is 0. The zero-order valence-corrected chi connectivity index (χ0v) is 16.6. The van der Waals surface area contributed by atoms with Gasteiger partial charge in [-0.3, -0.25) is 4.90 Å². The van der Waals surface area contributed by atoms with E-state index in [0.717, 1.165) is 7.11 Å². The van der Waals surface area contributed by atoms with Crippen molar-refractivity contribution < 1.29 is 37.0 Å². The zero-order valence-electron chi connectivity index (χ0n) is 16.6. The van der Waals surface area contributed by atoms with Crippen molar-refractivity contribution in [3.05, 3.63) is 23.0 Å². The summed E-state index contributed by atoms with van der Waals surface area (Å²) >= 11 is 0. The molecule has 0 saturated carbocycles. The van der Waals surface area contributed by atoms with Gasteiger partial charge in [-0.25, -0.2) is 18.4 Å². The lowest BCUT2D eigenvalue weighted by atomic mass is 10.0. The first-order chi connectivity index (χ1) is 12.1. The quantitative estimate of drug-likeness (QED) is 0.399. The SMILES string of the molecule is COc1c(C)c(F)c(N(C(=O)OC(=O)OC(C)(C)C)C(C)(C)C)c(F)c1F. The maximum absolute atomic E-state index is 14.8. The first kappa shape index (κ1) is 22.6. The Morgan fingerprint density at radius 3 is 1.85 bits per heavy atom. The van der Waals surface area contributed by atoms with Gasteiger partial charge in [0.2, 0.25) is 5.82 Å². The van der Waals surface area contributed by atoms with Gasteiger partial charge in [0.25, 0.3) is 0 Å². The first-order valence-corrected chi connectivity index (χ1v) is 8.07. The number of amides is 1. The van der Waals surface area contributed by atoms with Crippen molar-refractivity contribution in [3.63, 3.8) is 0 Å². The second kappa shape index (κ2) is 7.66. The van der Waals surface area contributed by atoms with Crippen molar-refractivity contribution in [2.24, 2.45) is 0 Å². The van der Waals surface area contributed by atoms with E-state index in [2.05, 4.69) is 9.47 Å². The molecule has 27 heavy (non-hydrogen) atoms. The Morgan fingerprint density at radius 2 is 1.44 bits per heavy atom. The zero-order chi connectivity index (χ0) is 21.3. The molecule has 0 aliphatic rings. The molecule has 1 aromatic rings. The highest BCUT2D eigenvalue weighted by Crippen LogP contribution is 2.38. The fourth-order valence-electron chi connectivity index (χ4n) is 2.27. The number of rotatable bonds is 2. The smallest absolute Gasteiger partial charge is 0.493 e. The van der Waals surface area contributed by atoms with Crippen LogP contribution in [-0.4, -0.2) is 30.5 Å². The van der Waals surface area contributed by atoms with Gasteiger partial charge in [-0.1, -0.05) is 0 Å². The monoisotopic (exact) mass is 391 g/mol. The minimum atomic E-state index is -1.65. The summed E-state index contributed by atoms with van der Waals surface area (Å²) in [6, 6.07) is 0. The molecule has 0 bridgehead atoms.